The number of alkyl halides is 2. The normalized spacial score (nSPS) is 15.1. The van der Waals surface area contributed by atoms with Crippen LogP contribution < -0.4 is 5.56 Å². The number of thiazole rings is 1. The zero-order chi connectivity index (χ0) is 31.5. The molecule has 1 atom stereocenters. The highest BCUT2D eigenvalue weighted by Gasteiger charge is 2.30. The van der Waals surface area contributed by atoms with Crippen LogP contribution in [0.5, 0.6) is 0 Å². The van der Waals surface area contributed by atoms with Gasteiger partial charge in [-0.25, -0.2) is 13.8 Å². The summed E-state index contributed by atoms with van der Waals surface area (Å²) in [7, 11) is 0. The Morgan fingerprint density at radius 3 is 2.34 bits per heavy atom. The van der Waals surface area contributed by atoms with E-state index in [9.17, 15) is 18.4 Å². The minimum Gasteiger partial charge on any atom is -0.336 e. The third-order valence-corrected chi connectivity index (χ3v) is 9.22. The first-order valence-electron chi connectivity index (χ1n) is 15.4. The average Bonchev–Trinajstić information content (AvgIpc) is 3.51. The van der Waals surface area contributed by atoms with E-state index in [-0.39, 0.29) is 23.1 Å². The number of amides is 1. The Morgan fingerprint density at radius 1 is 1.07 bits per heavy atom. The van der Waals surface area contributed by atoms with Crippen LogP contribution in [0, 0.1) is 0 Å². The lowest BCUT2D eigenvalue weighted by Gasteiger charge is -2.34. The van der Waals surface area contributed by atoms with E-state index in [4.69, 9.17) is 4.98 Å². The first-order valence-corrected chi connectivity index (χ1v) is 16.2. The van der Waals surface area contributed by atoms with E-state index in [1.54, 1.807) is 22.8 Å². The van der Waals surface area contributed by atoms with E-state index < -0.39 is 6.43 Å². The van der Waals surface area contributed by atoms with Gasteiger partial charge in [0, 0.05) is 29.1 Å². The summed E-state index contributed by atoms with van der Waals surface area (Å²) in [5.41, 5.74) is 6.20. The number of carbonyl (C=O) groups is 1. The van der Waals surface area contributed by atoms with Crippen LogP contribution in [0.1, 0.15) is 93.0 Å². The largest absolute Gasteiger partial charge is 0.336 e. The number of hydrogen-bond acceptors (Lipinski definition) is 4. The van der Waals surface area contributed by atoms with E-state index in [0.717, 1.165) is 54.5 Å². The molecule has 0 radical (unpaired) electrons. The number of rotatable bonds is 8. The molecule has 1 fully saturated rings. The van der Waals surface area contributed by atoms with Gasteiger partial charge in [0.1, 0.15) is 5.01 Å². The van der Waals surface area contributed by atoms with Gasteiger partial charge in [-0.1, -0.05) is 61.9 Å². The van der Waals surface area contributed by atoms with Crippen molar-refractivity contribution in [2.45, 2.75) is 79.2 Å². The van der Waals surface area contributed by atoms with Crippen LogP contribution in [-0.2, 0) is 12.8 Å². The average molecular weight is 616 g/mol. The highest BCUT2D eigenvalue weighted by molar-refractivity contribution is 7.13. The van der Waals surface area contributed by atoms with Crippen molar-refractivity contribution in [2.75, 3.05) is 6.54 Å². The molecule has 1 aliphatic rings. The van der Waals surface area contributed by atoms with Gasteiger partial charge < -0.3 is 4.90 Å². The molecule has 3 heterocycles. The quantitative estimate of drug-likeness (QED) is 0.199. The molecule has 5 rings (SSSR count). The van der Waals surface area contributed by atoms with E-state index in [2.05, 4.69) is 20.8 Å². The fourth-order valence-electron chi connectivity index (χ4n) is 5.98. The van der Waals surface area contributed by atoms with Crippen molar-refractivity contribution in [3.63, 3.8) is 0 Å². The molecular formula is C36H39F2N3O2S. The molecule has 2 aromatic heterocycles. The van der Waals surface area contributed by atoms with E-state index in [1.807, 2.05) is 48.4 Å². The van der Waals surface area contributed by atoms with Gasteiger partial charge in [0.25, 0.3) is 17.9 Å². The lowest BCUT2D eigenvalue weighted by molar-refractivity contribution is 0.0634. The molecule has 4 aromatic rings. The van der Waals surface area contributed by atoms with Crippen molar-refractivity contribution >= 4 is 23.3 Å². The van der Waals surface area contributed by atoms with Crippen molar-refractivity contribution < 1.29 is 13.6 Å². The highest BCUT2D eigenvalue weighted by Crippen LogP contribution is 2.33. The second-order valence-electron chi connectivity index (χ2n) is 11.7. The topological polar surface area (TPSA) is 55.2 Å². The molecular weight excluding hydrogens is 576 g/mol. The lowest BCUT2D eigenvalue weighted by Crippen LogP contribution is -2.43. The van der Waals surface area contributed by atoms with Crippen LogP contribution >= 0.6 is 11.3 Å². The predicted molar refractivity (Wildman–Crippen MR) is 176 cm³/mol. The first-order chi connectivity index (χ1) is 21.1. The maximum Gasteiger partial charge on any atom is 0.265 e. The first kappa shape index (κ1) is 31.5. The lowest BCUT2D eigenvalue weighted by atomic mass is 9.98. The molecule has 8 heteroatoms. The number of pyridine rings is 1. The van der Waals surface area contributed by atoms with Crippen molar-refractivity contribution in [3.05, 3.63) is 97.8 Å². The summed E-state index contributed by atoms with van der Waals surface area (Å²) >= 11 is 1.31. The molecule has 1 saturated heterocycles. The number of allylic oxidation sites excluding steroid dienone is 1. The van der Waals surface area contributed by atoms with Crippen molar-refractivity contribution in [3.8, 4) is 27.5 Å². The molecule has 1 amide bonds. The number of aryl methyl sites for hydroxylation is 2. The fourth-order valence-corrected chi connectivity index (χ4v) is 6.82. The molecule has 1 aliphatic heterocycles. The monoisotopic (exact) mass is 615 g/mol. The van der Waals surface area contributed by atoms with Crippen LogP contribution in [0.25, 0.3) is 33.6 Å². The summed E-state index contributed by atoms with van der Waals surface area (Å²) in [5.74, 6) is -0.0916. The van der Waals surface area contributed by atoms with Crippen LogP contribution in [0.3, 0.4) is 0 Å². The van der Waals surface area contributed by atoms with Crippen molar-refractivity contribution in [1.29, 1.82) is 0 Å². The van der Waals surface area contributed by atoms with Crippen LogP contribution in [0.2, 0.25) is 0 Å². The summed E-state index contributed by atoms with van der Waals surface area (Å²) in [4.78, 5) is 35.8. The molecule has 0 saturated carbocycles. The smallest absolute Gasteiger partial charge is 0.265 e. The van der Waals surface area contributed by atoms with Crippen LogP contribution in [0.15, 0.2) is 64.3 Å². The van der Waals surface area contributed by atoms with Gasteiger partial charge >= 0.3 is 0 Å². The summed E-state index contributed by atoms with van der Waals surface area (Å²) < 4.78 is 28.0. The third-order valence-electron chi connectivity index (χ3n) is 8.34. The Bertz CT molecular complexity index is 1730. The molecule has 0 bridgehead atoms. The SMILES string of the molecule is CCc1cccc(CC)c1-n1c(C=C(C)C)c(C(=O)N2CCCC[C@@H]2C)cc(-c2nc(-c3ccc(C(F)F)cc3)cs2)c1=O. The molecule has 44 heavy (non-hydrogen) atoms. The van der Waals surface area contributed by atoms with E-state index >= 15 is 0 Å². The van der Waals surface area contributed by atoms with Crippen molar-refractivity contribution in [1.82, 2.24) is 14.5 Å². The summed E-state index contributed by atoms with van der Waals surface area (Å²) in [6, 6.07) is 13.9. The Morgan fingerprint density at radius 2 is 1.75 bits per heavy atom. The number of carbonyl (C=O) groups excluding carboxylic acids is 1. The summed E-state index contributed by atoms with van der Waals surface area (Å²) in [6.45, 7) is 10.8. The number of aromatic nitrogens is 2. The van der Waals surface area contributed by atoms with E-state index in [1.165, 1.54) is 23.5 Å². The maximum absolute atomic E-state index is 14.7. The summed E-state index contributed by atoms with van der Waals surface area (Å²) in [5, 5.41) is 2.31. The second-order valence-corrected chi connectivity index (χ2v) is 12.5. The van der Waals surface area contributed by atoms with E-state index in [0.29, 0.717) is 39.6 Å². The Hall–Kier alpha value is -3.91. The molecule has 0 spiro atoms. The zero-order valence-electron chi connectivity index (χ0n) is 26.0. The number of benzene rings is 2. The van der Waals surface area contributed by atoms with Gasteiger partial charge in [-0.2, -0.15) is 0 Å². The Labute approximate surface area is 261 Å². The minimum absolute atomic E-state index is 0.0571. The highest BCUT2D eigenvalue weighted by atomic mass is 32.1. The number of nitrogens with zero attached hydrogens (tertiary/aromatic N) is 3. The number of para-hydroxylation sites is 1. The van der Waals surface area contributed by atoms with Crippen molar-refractivity contribution in [2.24, 2.45) is 0 Å². The number of likely N-dealkylation sites (tertiary alicyclic amines) is 1. The molecule has 0 N–H and O–H groups in total. The summed E-state index contributed by atoms with van der Waals surface area (Å²) in [6.07, 6.45) is 3.80. The molecule has 0 unspecified atom stereocenters. The Balaban J connectivity index is 1.79. The van der Waals surface area contributed by atoms with Gasteiger partial charge in [0.15, 0.2) is 0 Å². The van der Waals surface area contributed by atoms with Crippen LogP contribution in [-0.4, -0.2) is 32.9 Å². The number of hydrogen-bond donors (Lipinski definition) is 0. The third kappa shape index (κ3) is 6.18. The van der Waals surface area contributed by atoms with Gasteiger partial charge in [0.2, 0.25) is 0 Å². The molecule has 230 valence electrons. The maximum atomic E-state index is 14.7. The minimum atomic E-state index is -2.55. The van der Waals surface area contributed by atoms with Gasteiger partial charge in [-0.15, -0.1) is 11.3 Å². The number of piperidine rings is 1. The molecule has 2 aromatic carbocycles. The number of halogens is 2. The predicted octanol–water partition coefficient (Wildman–Crippen LogP) is 9.13. The molecule has 0 aliphatic carbocycles. The molecule has 5 nitrogen and oxygen atoms in total. The van der Waals surface area contributed by atoms with Gasteiger partial charge in [-0.05, 0) is 76.1 Å². The standard InChI is InChI=1S/C36H39F2N3O2S/c1-6-24-12-10-13-25(7-2)32(24)41-31(19-22(3)4)28(35(42)40-18-9-8-11-23(40)5)20-29(36(41)43)34-39-30(21-44-34)26-14-16-27(17-15-26)33(37)38/h10,12-17,19-21,23,33H,6-9,11,18H2,1-5H3/t23-/m0/s1. The Kier molecular flexibility index (Phi) is 9.59. The zero-order valence-corrected chi connectivity index (χ0v) is 26.8. The van der Waals surface area contributed by atoms with Crippen LogP contribution in [0.4, 0.5) is 8.78 Å². The fraction of sp³-hybridized carbons (Fsp3) is 0.361. The second kappa shape index (κ2) is 13.4. The van der Waals surface area contributed by atoms with Gasteiger partial charge in [-0.3, -0.25) is 14.2 Å². The van der Waals surface area contributed by atoms with Gasteiger partial charge in [0.05, 0.1) is 28.2 Å².